The number of nitrogens with zero attached hydrogens (tertiary/aromatic N) is 1. The van der Waals surface area contributed by atoms with Crippen molar-refractivity contribution in [2.45, 2.75) is 6.92 Å². The molecule has 0 saturated heterocycles. The summed E-state index contributed by atoms with van der Waals surface area (Å²) in [5.74, 6) is -0.292. The van der Waals surface area contributed by atoms with Gasteiger partial charge in [0.2, 0.25) is 0 Å². The zero-order valence-electron chi connectivity index (χ0n) is 10.3. The highest BCUT2D eigenvalue weighted by molar-refractivity contribution is 5.96. The molecule has 4 heteroatoms. The lowest BCUT2D eigenvalue weighted by Gasteiger charge is -1.97. The molecule has 1 N–H and O–H groups in total. The number of carboxylic acids is 1. The molecule has 0 saturated carbocycles. The summed E-state index contributed by atoms with van der Waals surface area (Å²) in [5.41, 5.74) is 1.69. The monoisotopic (exact) mass is 253 g/mol. The molecule has 0 aliphatic rings. The van der Waals surface area contributed by atoms with Crippen LogP contribution in [0, 0.1) is 18.3 Å². The van der Waals surface area contributed by atoms with Gasteiger partial charge in [-0.05, 0) is 19.1 Å². The molecular formula is C15H11NO3. The lowest BCUT2D eigenvalue weighted by atomic mass is 10.1. The molecule has 0 amide bonds. The summed E-state index contributed by atoms with van der Waals surface area (Å²) in [5, 5.41) is 17.4. The number of carbonyl (C=O) groups is 1. The average molecular weight is 253 g/mol. The Balaban J connectivity index is 2.32. The molecule has 1 aromatic carbocycles. The Labute approximate surface area is 110 Å². The topological polar surface area (TPSA) is 74.2 Å². The van der Waals surface area contributed by atoms with E-state index in [0.717, 1.165) is 11.1 Å². The van der Waals surface area contributed by atoms with Crippen molar-refractivity contribution >= 4 is 12.0 Å². The molecular weight excluding hydrogens is 242 g/mol. The minimum absolute atomic E-state index is 0.342. The van der Waals surface area contributed by atoms with E-state index in [1.165, 1.54) is 6.08 Å². The van der Waals surface area contributed by atoms with Crippen molar-refractivity contribution in [3.8, 4) is 17.4 Å². The number of rotatable bonds is 3. The van der Waals surface area contributed by atoms with Crippen LogP contribution in [-0.2, 0) is 4.79 Å². The van der Waals surface area contributed by atoms with Crippen molar-refractivity contribution in [1.82, 2.24) is 0 Å². The third-order valence-electron chi connectivity index (χ3n) is 2.60. The highest BCUT2D eigenvalue weighted by Crippen LogP contribution is 2.23. The van der Waals surface area contributed by atoms with Gasteiger partial charge in [0.15, 0.2) is 0 Å². The first-order valence-corrected chi connectivity index (χ1v) is 5.62. The van der Waals surface area contributed by atoms with E-state index in [2.05, 4.69) is 0 Å². The van der Waals surface area contributed by atoms with Crippen LogP contribution in [0.15, 0.2) is 46.4 Å². The number of furan rings is 1. The van der Waals surface area contributed by atoms with Gasteiger partial charge in [-0.25, -0.2) is 4.79 Å². The molecule has 0 unspecified atom stereocenters. The Kier molecular flexibility index (Phi) is 3.48. The van der Waals surface area contributed by atoms with Crippen molar-refractivity contribution in [2.24, 2.45) is 0 Å². The summed E-state index contributed by atoms with van der Waals surface area (Å²) >= 11 is 0. The second kappa shape index (κ2) is 5.23. The van der Waals surface area contributed by atoms with Gasteiger partial charge in [-0.15, -0.1) is 0 Å². The SMILES string of the molecule is Cc1ccc(-c2ccc(/C=C(\C#N)C(=O)O)o2)cc1. The fourth-order valence-electron chi connectivity index (χ4n) is 1.59. The molecule has 2 aromatic rings. The van der Waals surface area contributed by atoms with Crippen LogP contribution in [0.5, 0.6) is 0 Å². The van der Waals surface area contributed by atoms with Gasteiger partial charge in [-0.2, -0.15) is 5.26 Å². The predicted molar refractivity (Wildman–Crippen MR) is 70.1 cm³/mol. The minimum Gasteiger partial charge on any atom is -0.477 e. The maximum absolute atomic E-state index is 10.7. The normalized spacial score (nSPS) is 11.1. The third kappa shape index (κ3) is 2.90. The number of carboxylic acid groups (broad SMARTS) is 1. The second-order valence-electron chi connectivity index (χ2n) is 4.04. The van der Waals surface area contributed by atoms with Crippen molar-refractivity contribution in [3.05, 3.63) is 53.3 Å². The van der Waals surface area contributed by atoms with Crippen molar-refractivity contribution in [3.63, 3.8) is 0 Å². The molecule has 1 aromatic heterocycles. The van der Waals surface area contributed by atoms with E-state index in [1.807, 2.05) is 31.2 Å². The number of nitriles is 1. The van der Waals surface area contributed by atoms with Crippen LogP contribution in [0.4, 0.5) is 0 Å². The van der Waals surface area contributed by atoms with Crippen LogP contribution < -0.4 is 0 Å². The molecule has 0 aliphatic heterocycles. The van der Waals surface area contributed by atoms with E-state index in [-0.39, 0.29) is 5.57 Å². The number of hydrogen-bond donors (Lipinski definition) is 1. The van der Waals surface area contributed by atoms with E-state index in [0.29, 0.717) is 11.5 Å². The van der Waals surface area contributed by atoms with Crippen LogP contribution in [0.25, 0.3) is 17.4 Å². The zero-order chi connectivity index (χ0) is 13.8. The highest BCUT2D eigenvalue weighted by atomic mass is 16.4. The fourth-order valence-corrected chi connectivity index (χ4v) is 1.59. The first-order valence-electron chi connectivity index (χ1n) is 5.62. The molecule has 0 fully saturated rings. The van der Waals surface area contributed by atoms with E-state index in [9.17, 15) is 4.79 Å². The number of aryl methyl sites for hydroxylation is 1. The Morgan fingerprint density at radius 1 is 1.26 bits per heavy atom. The molecule has 0 aliphatic carbocycles. The molecule has 1 heterocycles. The number of benzene rings is 1. The van der Waals surface area contributed by atoms with E-state index in [4.69, 9.17) is 14.8 Å². The standard InChI is InChI=1S/C15H11NO3/c1-10-2-4-11(5-3-10)14-7-6-13(19-14)8-12(9-16)15(17)18/h2-8H,1H3,(H,17,18)/b12-8+. The van der Waals surface area contributed by atoms with Gasteiger partial charge in [0, 0.05) is 11.6 Å². The average Bonchev–Trinajstić information content (AvgIpc) is 2.85. The second-order valence-corrected chi connectivity index (χ2v) is 4.04. The Bertz CT molecular complexity index is 672. The quantitative estimate of drug-likeness (QED) is 0.673. The molecule has 94 valence electrons. The maximum atomic E-state index is 10.7. The molecule has 0 radical (unpaired) electrons. The molecule has 0 bridgehead atoms. The van der Waals surface area contributed by atoms with E-state index >= 15 is 0 Å². The molecule has 19 heavy (non-hydrogen) atoms. The fraction of sp³-hybridized carbons (Fsp3) is 0.0667. The third-order valence-corrected chi connectivity index (χ3v) is 2.60. The summed E-state index contributed by atoms with van der Waals surface area (Å²) in [7, 11) is 0. The first kappa shape index (κ1) is 12.7. The van der Waals surface area contributed by atoms with Gasteiger partial charge in [-0.3, -0.25) is 0 Å². The lowest BCUT2D eigenvalue weighted by molar-refractivity contribution is -0.132. The van der Waals surface area contributed by atoms with E-state index in [1.54, 1.807) is 18.2 Å². The van der Waals surface area contributed by atoms with E-state index < -0.39 is 5.97 Å². The number of aliphatic carboxylic acids is 1. The summed E-state index contributed by atoms with van der Waals surface area (Å²) in [6, 6.07) is 12.8. The van der Waals surface area contributed by atoms with Gasteiger partial charge in [0.1, 0.15) is 23.2 Å². The molecule has 0 spiro atoms. The van der Waals surface area contributed by atoms with Crippen molar-refractivity contribution < 1.29 is 14.3 Å². The van der Waals surface area contributed by atoms with Crippen LogP contribution in [-0.4, -0.2) is 11.1 Å². The maximum Gasteiger partial charge on any atom is 0.346 e. The van der Waals surface area contributed by atoms with Gasteiger partial charge in [-0.1, -0.05) is 29.8 Å². The van der Waals surface area contributed by atoms with Crippen molar-refractivity contribution in [2.75, 3.05) is 0 Å². The smallest absolute Gasteiger partial charge is 0.346 e. The number of hydrogen-bond acceptors (Lipinski definition) is 3. The highest BCUT2D eigenvalue weighted by Gasteiger charge is 2.08. The summed E-state index contributed by atoms with van der Waals surface area (Å²) in [6.07, 6.45) is 1.21. The van der Waals surface area contributed by atoms with Gasteiger partial charge < -0.3 is 9.52 Å². The summed E-state index contributed by atoms with van der Waals surface area (Å²) in [6.45, 7) is 1.99. The Hall–Kier alpha value is -2.80. The molecule has 2 rings (SSSR count). The van der Waals surface area contributed by atoms with Crippen molar-refractivity contribution in [1.29, 1.82) is 5.26 Å². The lowest BCUT2D eigenvalue weighted by Crippen LogP contribution is -1.96. The minimum atomic E-state index is -1.27. The van der Waals surface area contributed by atoms with Crippen LogP contribution in [0.2, 0.25) is 0 Å². The largest absolute Gasteiger partial charge is 0.477 e. The zero-order valence-corrected chi connectivity index (χ0v) is 10.3. The predicted octanol–water partition coefficient (Wildman–Crippen LogP) is 3.25. The first-order chi connectivity index (χ1) is 9.10. The van der Waals surface area contributed by atoms with Crippen LogP contribution >= 0.6 is 0 Å². The van der Waals surface area contributed by atoms with Crippen LogP contribution in [0.3, 0.4) is 0 Å². The summed E-state index contributed by atoms with van der Waals surface area (Å²) in [4.78, 5) is 10.7. The summed E-state index contributed by atoms with van der Waals surface area (Å²) < 4.78 is 5.50. The van der Waals surface area contributed by atoms with Gasteiger partial charge in [0.05, 0.1) is 0 Å². The van der Waals surface area contributed by atoms with Gasteiger partial charge in [0.25, 0.3) is 0 Å². The van der Waals surface area contributed by atoms with Crippen LogP contribution in [0.1, 0.15) is 11.3 Å². The molecule has 0 atom stereocenters. The Morgan fingerprint density at radius 3 is 2.53 bits per heavy atom. The Morgan fingerprint density at radius 2 is 1.95 bits per heavy atom. The molecule has 4 nitrogen and oxygen atoms in total. The van der Waals surface area contributed by atoms with Gasteiger partial charge >= 0.3 is 5.97 Å².